The minimum Gasteiger partial charge on any atom is -0.496 e. The van der Waals surface area contributed by atoms with E-state index in [9.17, 15) is 14.9 Å². The first-order valence-corrected chi connectivity index (χ1v) is 16.0. The van der Waals surface area contributed by atoms with E-state index in [-0.39, 0.29) is 28.5 Å². The number of allylic oxidation sites excluding steroid dienone is 1. The van der Waals surface area contributed by atoms with Crippen LogP contribution in [0.5, 0.6) is 11.5 Å². The number of fused-ring (bicyclic) bond motifs is 2. The summed E-state index contributed by atoms with van der Waals surface area (Å²) in [5.41, 5.74) is 6.12. The average molecular weight is 636 g/mol. The van der Waals surface area contributed by atoms with Crippen molar-refractivity contribution in [3.63, 3.8) is 0 Å². The standard InChI is InChI=1S/C38H45N5O4/c1-24-30-15-25(9-10-26(30)12-14-43(24)36(44)28(19-39)18-38(2,3)4)21-41(5)22-33-34(46-7)16-27(17-35(33)47-8)32-23-42(6)37(45)31-20-40-13-11-29(31)32/h9-11,15-18,20,23-24,40H,12-14,21-22H2,1-8H3/b28-18+. The third kappa shape index (κ3) is 6.98. The number of nitrogens with zero attached hydrogens (tertiary/aromatic N) is 4. The van der Waals surface area contributed by atoms with Crippen LogP contribution in [0.25, 0.3) is 23.4 Å². The van der Waals surface area contributed by atoms with E-state index in [1.807, 2.05) is 57.0 Å². The van der Waals surface area contributed by atoms with Crippen LogP contribution in [0, 0.1) is 16.7 Å². The molecule has 0 radical (unpaired) electrons. The van der Waals surface area contributed by atoms with Crippen molar-refractivity contribution in [1.29, 1.82) is 5.26 Å². The van der Waals surface area contributed by atoms with Gasteiger partial charge in [-0.3, -0.25) is 14.5 Å². The van der Waals surface area contributed by atoms with Crippen molar-refractivity contribution in [3.05, 3.63) is 91.2 Å². The van der Waals surface area contributed by atoms with Crippen molar-refractivity contribution in [2.24, 2.45) is 12.5 Å². The van der Waals surface area contributed by atoms with Crippen LogP contribution in [-0.4, -0.2) is 54.6 Å². The normalized spacial score (nSPS) is 15.9. The highest BCUT2D eigenvalue weighted by Gasteiger charge is 2.30. The quantitative estimate of drug-likeness (QED) is 0.297. The Kier molecular flexibility index (Phi) is 9.64. The molecule has 246 valence electrons. The molecular weight excluding hydrogens is 590 g/mol. The molecule has 0 fully saturated rings. The van der Waals surface area contributed by atoms with Crippen molar-refractivity contribution < 1.29 is 14.3 Å². The highest BCUT2D eigenvalue weighted by atomic mass is 16.5. The van der Waals surface area contributed by atoms with Gasteiger partial charge in [-0.25, -0.2) is 0 Å². The summed E-state index contributed by atoms with van der Waals surface area (Å²) >= 11 is 0. The molecule has 1 unspecified atom stereocenters. The van der Waals surface area contributed by atoms with Crippen LogP contribution in [0.2, 0.25) is 0 Å². The van der Waals surface area contributed by atoms with Gasteiger partial charge >= 0.3 is 0 Å². The van der Waals surface area contributed by atoms with Crippen molar-refractivity contribution in [3.8, 4) is 28.7 Å². The monoisotopic (exact) mass is 635 g/mol. The van der Waals surface area contributed by atoms with E-state index in [0.717, 1.165) is 39.5 Å². The lowest BCUT2D eigenvalue weighted by Crippen LogP contribution is -2.48. The summed E-state index contributed by atoms with van der Waals surface area (Å²) in [5, 5.41) is 14.4. The Morgan fingerprint density at radius 1 is 1.13 bits per heavy atom. The van der Waals surface area contributed by atoms with E-state index in [1.54, 1.807) is 38.1 Å². The topological polar surface area (TPSA) is 99.8 Å². The van der Waals surface area contributed by atoms with E-state index in [2.05, 4.69) is 41.5 Å². The average Bonchev–Trinajstić information content (AvgIpc) is 3.05. The molecule has 9 heteroatoms. The zero-order chi connectivity index (χ0) is 34.0. The Morgan fingerprint density at radius 2 is 1.83 bits per heavy atom. The first-order chi connectivity index (χ1) is 22.3. The van der Waals surface area contributed by atoms with E-state index in [1.165, 1.54) is 5.56 Å². The van der Waals surface area contributed by atoms with Gasteiger partial charge < -0.3 is 24.3 Å². The number of carbonyl (C=O) groups excluding carboxylic acids is 1. The number of hydrogen-bond acceptors (Lipinski definition) is 7. The van der Waals surface area contributed by atoms with Crippen LogP contribution >= 0.6 is 0 Å². The van der Waals surface area contributed by atoms with Crippen LogP contribution in [0.1, 0.15) is 56.0 Å². The third-order valence-electron chi connectivity index (χ3n) is 8.86. The molecule has 0 aliphatic carbocycles. The number of ether oxygens (including phenoxy) is 2. The Hall–Kier alpha value is -4.81. The van der Waals surface area contributed by atoms with Gasteiger partial charge in [0.05, 0.1) is 31.0 Å². The van der Waals surface area contributed by atoms with Gasteiger partial charge in [-0.2, -0.15) is 5.26 Å². The second kappa shape index (κ2) is 13.5. The molecule has 1 amide bonds. The summed E-state index contributed by atoms with van der Waals surface area (Å²) in [6.45, 7) is 10.5. The maximum absolute atomic E-state index is 13.4. The summed E-state index contributed by atoms with van der Waals surface area (Å²) in [6.07, 6.45) is 8.20. The molecule has 1 N–H and O–H groups in total. The summed E-state index contributed by atoms with van der Waals surface area (Å²) in [7, 11) is 7.14. The molecule has 5 rings (SSSR count). The maximum Gasteiger partial charge on any atom is 0.264 e. The van der Waals surface area contributed by atoms with E-state index < -0.39 is 0 Å². The number of hydrogen-bond donors (Lipinski definition) is 1. The molecule has 9 nitrogen and oxygen atoms in total. The summed E-state index contributed by atoms with van der Waals surface area (Å²) in [5.74, 6) is 1.20. The fourth-order valence-corrected chi connectivity index (χ4v) is 6.59. The first-order valence-electron chi connectivity index (χ1n) is 16.0. The second-order valence-electron chi connectivity index (χ2n) is 13.6. The third-order valence-corrected chi connectivity index (χ3v) is 8.86. The van der Waals surface area contributed by atoms with Crippen molar-refractivity contribution in [1.82, 2.24) is 19.7 Å². The number of nitriles is 1. The molecule has 0 bridgehead atoms. The Bertz CT molecular complexity index is 1940. The first kappa shape index (κ1) is 33.6. The van der Waals surface area contributed by atoms with Gasteiger partial charge in [-0.1, -0.05) is 51.1 Å². The smallest absolute Gasteiger partial charge is 0.264 e. The number of aromatic nitrogens is 1. The van der Waals surface area contributed by atoms with Gasteiger partial charge in [0.1, 0.15) is 23.1 Å². The van der Waals surface area contributed by atoms with Crippen LogP contribution < -0.4 is 30.8 Å². The molecule has 3 heterocycles. The van der Waals surface area contributed by atoms with Crippen LogP contribution in [0.3, 0.4) is 0 Å². The molecule has 0 saturated carbocycles. The van der Waals surface area contributed by atoms with Gasteiger partial charge in [0.2, 0.25) is 0 Å². The lowest BCUT2D eigenvalue weighted by atomic mass is 9.90. The minimum atomic E-state index is -0.267. The maximum atomic E-state index is 13.4. The van der Waals surface area contributed by atoms with Gasteiger partial charge in [0.25, 0.3) is 11.5 Å². The molecule has 0 saturated heterocycles. The molecular formula is C38H45N5O4. The molecule has 1 aromatic heterocycles. The predicted molar refractivity (Wildman–Crippen MR) is 185 cm³/mol. The molecule has 1 atom stereocenters. The zero-order valence-corrected chi connectivity index (χ0v) is 28.7. The van der Waals surface area contributed by atoms with Gasteiger partial charge in [-0.15, -0.1) is 0 Å². The summed E-state index contributed by atoms with van der Waals surface area (Å²) in [6, 6.07) is 12.5. The Labute approximate surface area is 277 Å². The number of carbonyl (C=O) groups is 1. The fourth-order valence-electron chi connectivity index (χ4n) is 6.59. The van der Waals surface area contributed by atoms with E-state index in [4.69, 9.17) is 9.47 Å². The Morgan fingerprint density at radius 3 is 2.47 bits per heavy atom. The van der Waals surface area contributed by atoms with E-state index >= 15 is 0 Å². The van der Waals surface area contributed by atoms with Crippen molar-refractivity contribution >= 4 is 18.2 Å². The van der Waals surface area contributed by atoms with Gasteiger partial charge in [-0.05, 0) is 65.4 Å². The fraction of sp³-hybridized carbons (Fsp3) is 0.395. The predicted octanol–water partition coefficient (Wildman–Crippen LogP) is 3.76. The van der Waals surface area contributed by atoms with Crippen molar-refractivity contribution in [2.75, 3.05) is 34.4 Å². The number of nitrogens with one attached hydrogen (secondary N) is 1. The summed E-state index contributed by atoms with van der Waals surface area (Å²) < 4.78 is 13.4. The molecule has 2 aromatic carbocycles. The number of benzene rings is 2. The van der Waals surface area contributed by atoms with Gasteiger partial charge in [0.15, 0.2) is 0 Å². The molecule has 0 spiro atoms. The van der Waals surface area contributed by atoms with E-state index in [0.29, 0.717) is 42.9 Å². The van der Waals surface area contributed by atoms with Crippen LogP contribution in [-0.2, 0) is 31.4 Å². The van der Waals surface area contributed by atoms with Crippen LogP contribution in [0.15, 0.2) is 53.0 Å². The Balaban J connectivity index is 1.40. The van der Waals surface area contributed by atoms with Crippen LogP contribution in [0.4, 0.5) is 0 Å². The number of aryl methyl sites for hydroxylation is 1. The molecule has 3 aromatic rings. The highest BCUT2D eigenvalue weighted by Crippen LogP contribution is 2.36. The number of pyridine rings is 1. The van der Waals surface area contributed by atoms with Crippen molar-refractivity contribution in [2.45, 2.75) is 53.2 Å². The molecule has 2 aliphatic rings. The zero-order valence-electron chi connectivity index (χ0n) is 28.7. The lowest BCUT2D eigenvalue weighted by Gasteiger charge is -2.36. The second-order valence-corrected chi connectivity index (χ2v) is 13.6. The largest absolute Gasteiger partial charge is 0.496 e. The number of methoxy groups -OCH3 is 2. The number of amides is 1. The van der Waals surface area contributed by atoms with Gasteiger partial charge in [0, 0.05) is 51.2 Å². The molecule has 2 aliphatic heterocycles. The summed E-state index contributed by atoms with van der Waals surface area (Å²) in [4.78, 5) is 30.2. The minimum absolute atomic E-state index is 0.0513. The SMILES string of the molecule is COc1cc(-c2cn(C)c(=O)c3c2=CCNC=3)cc(OC)c1CN(C)Cc1ccc2c(c1)C(C)N(C(=O)/C(C#N)=C/C(C)(C)C)CC2. The molecule has 47 heavy (non-hydrogen) atoms. The highest BCUT2D eigenvalue weighted by molar-refractivity contribution is 5.97. The number of rotatable bonds is 8. The lowest BCUT2D eigenvalue weighted by molar-refractivity contribution is -0.129.